The number of ether oxygens (including phenoxy) is 1. The molecule has 0 aliphatic carbocycles. The Hall–Kier alpha value is -0.290. The number of alkyl halides is 3. The molecule has 0 spiro atoms. The van der Waals surface area contributed by atoms with Gasteiger partial charge in [0.05, 0.1) is 0 Å². The van der Waals surface area contributed by atoms with Crippen molar-refractivity contribution in [2.75, 3.05) is 26.3 Å². The van der Waals surface area contributed by atoms with Crippen molar-refractivity contribution in [3.63, 3.8) is 0 Å². The Morgan fingerprint density at radius 3 is 2.31 bits per heavy atom. The molecule has 0 unspecified atom stereocenters. The van der Waals surface area contributed by atoms with Gasteiger partial charge in [-0.2, -0.15) is 13.2 Å². The molecule has 0 saturated heterocycles. The zero-order chi connectivity index (χ0) is 12.7. The molecule has 5 heteroatoms. The van der Waals surface area contributed by atoms with Crippen LogP contribution in [0.5, 0.6) is 0 Å². The van der Waals surface area contributed by atoms with E-state index in [9.17, 15) is 13.2 Å². The van der Waals surface area contributed by atoms with E-state index in [2.05, 4.69) is 17.0 Å². The number of rotatable bonds is 8. The predicted molar refractivity (Wildman–Crippen MR) is 58.4 cm³/mol. The van der Waals surface area contributed by atoms with E-state index in [1.54, 1.807) is 0 Å². The van der Waals surface area contributed by atoms with Crippen LogP contribution in [-0.4, -0.2) is 32.5 Å². The van der Waals surface area contributed by atoms with Crippen LogP contribution in [0.2, 0.25) is 0 Å². The van der Waals surface area contributed by atoms with Crippen LogP contribution in [0.1, 0.15) is 33.6 Å². The maximum Gasteiger partial charge on any atom is 0.411 e. The lowest BCUT2D eigenvalue weighted by atomic mass is 9.90. The van der Waals surface area contributed by atoms with Crippen LogP contribution in [0.3, 0.4) is 0 Å². The first-order chi connectivity index (χ1) is 7.27. The van der Waals surface area contributed by atoms with Crippen molar-refractivity contribution in [1.82, 2.24) is 5.32 Å². The summed E-state index contributed by atoms with van der Waals surface area (Å²) < 4.78 is 39.9. The Bertz CT molecular complexity index is 181. The van der Waals surface area contributed by atoms with Crippen LogP contribution < -0.4 is 5.32 Å². The third-order valence-corrected chi connectivity index (χ3v) is 2.22. The third kappa shape index (κ3) is 10.2. The lowest BCUT2D eigenvalue weighted by Gasteiger charge is -2.25. The van der Waals surface area contributed by atoms with Gasteiger partial charge in [0.2, 0.25) is 0 Å². The van der Waals surface area contributed by atoms with E-state index in [-0.39, 0.29) is 12.0 Å². The fraction of sp³-hybridized carbons (Fsp3) is 1.00. The number of hydrogen-bond acceptors (Lipinski definition) is 2. The fourth-order valence-corrected chi connectivity index (χ4v) is 1.23. The molecule has 0 bridgehead atoms. The lowest BCUT2D eigenvalue weighted by Crippen LogP contribution is -2.31. The van der Waals surface area contributed by atoms with Crippen molar-refractivity contribution in [2.24, 2.45) is 5.41 Å². The van der Waals surface area contributed by atoms with Gasteiger partial charge in [-0.25, -0.2) is 0 Å². The summed E-state index contributed by atoms with van der Waals surface area (Å²) in [4.78, 5) is 0. The monoisotopic (exact) mass is 241 g/mol. The van der Waals surface area contributed by atoms with E-state index in [1.165, 1.54) is 0 Å². The van der Waals surface area contributed by atoms with Crippen LogP contribution in [0.25, 0.3) is 0 Å². The minimum Gasteiger partial charge on any atom is -0.372 e. The fourth-order valence-electron chi connectivity index (χ4n) is 1.23. The molecule has 2 nitrogen and oxygen atoms in total. The second-order valence-corrected chi connectivity index (χ2v) is 4.76. The van der Waals surface area contributed by atoms with E-state index < -0.39 is 12.8 Å². The quantitative estimate of drug-likeness (QED) is 0.660. The summed E-state index contributed by atoms with van der Waals surface area (Å²) in [6, 6.07) is 0. The highest BCUT2D eigenvalue weighted by Gasteiger charge is 2.27. The second-order valence-electron chi connectivity index (χ2n) is 4.76. The predicted octanol–water partition coefficient (Wildman–Crippen LogP) is 2.98. The van der Waals surface area contributed by atoms with Gasteiger partial charge in [-0.1, -0.05) is 20.8 Å². The van der Waals surface area contributed by atoms with E-state index in [0.29, 0.717) is 6.42 Å². The van der Waals surface area contributed by atoms with Crippen molar-refractivity contribution in [1.29, 1.82) is 0 Å². The molecule has 0 rings (SSSR count). The summed E-state index contributed by atoms with van der Waals surface area (Å²) >= 11 is 0. The molecule has 0 aromatic carbocycles. The Morgan fingerprint density at radius 1 is 1.19 bits per heavy atom. The Balaban J connectivity index is 3.57. The summed E-state index contributed by atoms with van der Waals surface area (Å²) in [6.07, 6.45) is -2.54. The first-order valence-corrected chi connectivity index (χ1v) is 5.62. The molecule has 0 saturated carbocycles. The molecule has 98 valence electrons. The number of hydrogen-bond donors (Lipinski definition) is 1. The van der Waals surface area contributed by atoms with Gasteiger partial charge < -0.3 is 10.1 Å². The molecule has 0 atom stereocenters. The first-order valence-electron chi connectivity index (χ1n) is 5.62. The highest BCUT2D eigenvalue weighted by Crippen LogP contribution is 2.20. The normalized spacial score (nSPS) is 13.1. The largest absolute Gasteiger partial charge is 0.411 e. The summed E-state index contributed by atoms with van der Waals surface area (Å²) in [5.74, 6) is 0. The molecule has 1 N–H and O–H groups in total. The van der Waals surface area contributed by atoms with Crippen molar-refractivity contribution in [3.05, 3.63) is 0 Å². The highest BCUT2D eigenvalue weighted by atomic mass is 19.4. The molecule has 0 aliphatic heterocycles. The molecular formula is C11H22F3NO. The topological polar surface area (TPSA) is 21.3 Å². The summed E-state index contributed by atoms with van der Waals surface area (Å²) in [7, 11) is 0. The smallest absolute Gasteiger partial charge is 0.372 e. The van der Waals surface area contributed by atoms with E-state index >= 15 is 0 Å². The van der Waals surface area contributed by atoms with Crippen LogP contribution >= 0.6 is 0 Å². The van der Waals surface area contributed by atoms with Gasteiger partial charge in [0.1, 0.15) is 6.61 Å². The Kier molecular flexibility index (Phi) is 6.99. The summed E-state index contributed by atoms with van der Waals surface area (Å²) in [5, 5.41) is 3.25. The molecular weight excluding hydrogens is 219 g/mol. The Morgan fingerprint density at radius 2 is 1.81 bits per heavy atom. The standard InChI is InChI=1S/C11H22F3NO/c1-4-6-15-8-10(2,3)5-7-16-9-11(12,13)14/h15H,4-9H2,1-3H3. The summed E-state index contributed by atoms with van der Waals surface area (Å²) in [5.41, 5.74) is -0.0270. The zero-order valence-electron chi connectivity index (χ0n) is 10.3. The van der Waals surface area contributed by atoms with Gasteiger partial charge in [0.15, 0.2) is 0 Å². The lowest BCUT2D eigenvalue weighted by molar-refractivity contribution is -0.175. The van der Waals surface area contributed by atoms with Gasteiger partial charge in [-0.05, 0) is 24.8 Å². The molecule has 0 amide bonds. The van der Waals surface area contributed by atoms with Gasteiger partial charge in [-0.15, -0.1) is 0 Å². The average molecular weight is 241 g/mol. The van der Waals surface area contributed by atoms with E-state index in [1.807, 2.05) is 13.8 Å². The van der Waals surface area contributed by atoms with Gasteiger partial charge in [0, 0.05) is 13.2 Å². The van der Waals surface area contributed by atoms with Crippen LogP contribution in [0.4, 0.5) is 13.2 Å². The average Bonchev–Trinajstić information content (AvgIpc) is 2.11. The van der Waals surface area contributed by atoms with Gasteiger partial charge in [0.25, 0.3) is 0 Å². The third-order valence-electron chi connectivity index (χ3n) is 2.22. The minimum absolute atomic E-state index is 0.0270. The molecule has 0 aromatic heterocycles. The molecule has 16 heavy (non-hydrogen) atoms. The zero-order valence-corrected chi connectivity index (χ0v) is 10.3. The molecule has 0 radical (unpaired) electrons. The van der Waals surface area contributed by atoms with Gasteiger partial charge >= 0.3 is 6.18 Å². The maximum absolute atomic E-state index is 11.8. The van der Waals surface area contributed by atoms with E-state index in [0.717, 1.165) is 19.5 Å². The van der Waals surface area contributed by atoms with E-state index in [4.69, 9.17) is 0 Å². The van der Waals surface area contributed by atoms with Gasteiger partial charge in [-0.3, -0.25) is 0 Å². The highest BCUT2D eigenvalue weighted by molar-refractivity contribution is 4.71. The van der Waals surface area contributed by atoms with Crippen LogP contribution in [0, 0.1) is 5.41 Å². The maximum atomic E-state index is 11.8. The van der Waals surface area contributed by atoms with Crippen molar-refractivity contribution in [3.8, 4) is 0 Å². The SMILES string of the molecule is CCCNCC(C)(C)CCOCC(F)(F)F. The minimum atomic E-state index is -4.22. The van der Waals surface area contributed by atoms with Crippen LogP contribution in [0.15, 0.2) is 0 Å². The molecule has 0 fully saturated rings. The summed E-state index contributed by atoms with van der Waals surface area (Å²) in [6.45, 7) is 6.86. The molecule has 0 heterocycles. The molecule has 0 aromatic rings. The number of nitrogens with one attached hydrogen (secondary N) is 1. The molecule has 0 aliphatic rings. The van der Waals surface area contributed by atoms with Crippen molar-refractivity contribution < 1.29 is 17.9 Å². The second kappa shape index (κ2) is 7.12. The Labute approximate surface area is 95.5 Å². The van der Waals surface area contributed by atoms with Crippen LogP contribution in [-0.2, 0) is 4.74 Å². The first kappa shape index (κ1) is 15.7. The number of halogens is 3. The van der Waals surface area contributed by atoms with Crippen molar-refractivity contribution in [2.45, 2.75) is 39.8 Å². The van der Waals surface area contributed by atoms with Crippen molar-refractivity contribution >= 4 is 0 Å².